The summed E-state index contributed by atoms with van der Waals surface area (Å²) in [5.74, 6) is 5.78. The van der Waals surface area contributed by atoms with Gasteiger partial charge in [0.2, 0.25) is 0 Å². The lowest BCUT2D eigenvalue weighted by Gasteiger charge is -2.26. The molecule has 0 spiro atoms. The summed E-state index contributed by atoms with van der Waals surface area (Å²) < 4.78 is 1.68. The number of carbonyl (C=O) groups excluding carboxylic acids is 1. The van der Waals surface area contributed by atoms with E-state index in [0.717, 1.165) is 54.7 Å². The molecule has 1 saturated heterocycles. The molecule has 2 aromatic carbocycles. The van der Waals surface area contributed by atoms with Gasteiger partial charge in [-0.25, -0.2) is 9.69 Å². The SMILES string of the molecule is Cc1c(C(=O)NN2CCCCC2)nn(-c2ccc(Cl)cc2Cl)c1-c1ccc(C#CCCCO[N+](=O)[O-])cc1. The van der Waals surface area contributed by atoms with E-state index in [9.17, 15) is 14.9 Å². The molecular formula is C27H27Cl2N5O4. The number of unbranched alkanes of at least 4 members (excludes halogenated alkanes) is 1. The van der Waals surface area contributed by atoms with Crippen molar-refractivity contribution in [2.75, 3.05) is 19.7 Å². The summed E-state index contributed by atoms with van der Waals surface area (Å²) in [6.07, 6.45) is 4.19. The quantitative estimate of drug-likeness (QED) is 0.167. The van der Waals surface area contributed by atoms with Crippen molar-refractivity contribution >= 4 is 29.1 Å². The number of hydrogen-bond acceptors (Lipinski definition) is 6. The van der Waals surface area contributed by atoms with Gasteiger partial charge in [0, 0.05) is 41.2 Å². The van der Waals surface area contributed by atoms with Crippen LogP contribution in [0.1, 0.15) is 53.7 Å². The number of nitrogens with one attached hydrogen (secondary N) is 1. The smallest absolute Gasteiger partial charge is 0.294 e. The predicted octanol–water partition coefficient (Wildman–Crippen LogP) is 5.63. The number of amides is 1. The van der Waals surface area contributed by atoms with Crippen LogP contribution in [-0.2, 0) is 4.84 Å². The summed E-state index contributed by atoms with van der Waals surface area (Å²) in [6.45, 7) is 3.51. The van der Waals surface area contributed by atoms with Crippen molar-refractivity contribution in [1.29, 1.82) is 0 Å². The average Bonchev–Trinajstić information content (AvgIpc) is 3.23. The van der Waals surface area contributed by atoms with E-state index in [2.05, 4.69) is 27.2 Å². The van der Waals surface area contributed by atoms with Crippen LogP contribution in [0, 0.1) is 28.9 Å². The molecule has 0 unspecified atom stereocenters. The first-order valence-electron chi connectivity index (χ1n) is 12.3. The van der Waals surface area contributed by atoms with E-state index in [4.69, 9.17) is 23.2 Å². The fourth-order valence-electron chi connectivity index (χ4n) is 4.26. The second-order valence-electron chi connectivity index (χ2n) is 8.86. The maximum atomic E-state index is 13.2. The highest BCUT2D eigenvalue weighted by Crippen LogP contribution is 2.33. The Morgan fingerprint density at radius 2 is 1.89 bits per heavy atom. The Hall–Kier alpha value is -3.58. The van der Waals surface area contributed by atoms with Gasteiger partial charge in [0.25, 0.3) is 11.0 Å². The van der Waals surface area contributed by atoms with Gasteiger partial charge in [-0.15, -0.1) is 10.1 Å². The van der Waals surface area contributed by atoms with Crippen molar-refractivity contribution in [1.82, 2.24) is 20.2 Å². The van der Waals surface area contributed by atoms with E-state index in [0.29, 0.717) is 34.3 Å². The van der Waals surface area contributed by atoms with Crippen LogP contribution in [0.15, 0.2) is 42.5 Å². The lowest BCUT2D eigenvalue weighted by molar-refractivity contribution is -0.757. The standard InChI is InChI=1S/C27H27Cl2N5O4/c1-19-25(27(35)31-32-15-5-3-6-16-32)30-33(24-14-13-22(28)18-23(24)29)26(19)21-11-9-20(10-12-21)8-4-2-7-17-38-34(36)37/h9-14,18H,2-3,5-7,15-17H2,1H3,(H,31,35). The second-order valence-corrected chi connectivity index (χ2v) is 9.70. The Kier molecular flexibility index (Phi) is 9.24. The lowest BCUT2D eigenvalue weighted by Crippen LogP contribution is -2.45. The zero-order valence-electron chi connectivity index (χ0n) is 20.9. The number of aromatic nitrogens is 2. The van der Waals surface area contributed by atoms with E-state index in [1.807, 2.05) is 36.2 Å². The lowest BCUT2D eigenvalue weighted by atomic mass is 10.0. The average molecular weight is 556 g/mol. The van der Waals surface area contributed by atoms with Crippen LogP contribution in [-0.4, -0.2) is 45.5 Å². The van der Waals surface area contributed by atoms with E-state index in [1.165, 1.54) is 0 Å². The number of carbonyl (C=O) groups is 1. The third-order valence-corrected chi connectivity index (χ3v) is 6.66. The van der Waals surface area contributed by atoms with E-state index in [1.54, 1.807) is 22.9 Å². The maximum Gasteiger partial charge on any atom is 0.294 e. The summed E-state index contributed by atoms with van der Waals surface area (Å²) >= 11 is 12.7. The normalized spacial score (nSPS) is 13.4. The van der Waals surface area contributed by atoms with Crippen molar-refractivity contribution in [3.05, 3.63) is 79.4 Å². The topological polar surface area (TPSA) is 103 Å². The number of piperidine rings is 1. The summed E-state index contributed by atoms with van der Waals surface area (Å²) in [6, 6.07) is 12.7. The molecule has 11 heteroatoms. The molecule has 0 bridgehead atoms. The van der Waals surface area contributed by atoms with Gasteiger partial charge in [-0.2, -0.15) is 5.10 Å². The number of halogens is 2. The van der Waals surface area contributed by atoms with Gasteiger partial charge >= 0.3 is 0 Å². The third kappa shape index (κ3) is 6.84. The minimum atomic E-state index is -0.807. The number of rotatable bonds is 8. The van der Waals surface area contributed by atoms with Crippen LogP contribution in [0.2, 0.25) is 10.0 Å². The molecule has 1 amide bonds. The fraction of sp³-hybridized carbons (Fsp3) is 0.333. The van der Waals surface area contributed by atoms with Crippen LogP contribution in [0.4, 0.5) is 0 Å². The Morgan fingerprint density at radius 1 is 1.16 bits per heavy atom. The van der Waals surface area contributed by atoms with Crippen molar-refractivity contribution < 1.29 is 14.7 Å². The molecule has 0 atom stereocenters. The first kappa shape index (κ1) is 27.5. The largest absolute Gasteiger partial charge is 0.314 e. The van der Waals surface area contributed by atoms with Crippen LogP contribution in [0.25, 0.3) is 16.9 Å². The number of hydrogen-bond donors (Lipinski definition) is 1. The van der Waals surface area contributed by atoms with Gasteiger partial charge in [-0.05, 0) is 56.5 Å². The molecule has 4 rings (SSSR count). The summed E-state index contributed by atoms with van der Waals surface area (Å²) in [7, 11) is 0. The molecule has 9 nitrogen and oxygen atoms in total. The van der Waals surface area contributed by atoms with Crippen LogP contribution >= 0.6 is 23.2 Å². The minimum Gasteiger partial charge on any atom is -0.314 e. The van der Waals surface area contributed by atoms with Gasteiger partial charge < -0.3 is 4.84 Å². The summed E-state index contributed by atoms with van der Waals surface area (Å²) in [5.41, 5.74) is 6.99. The highest BCUT2D eigenvalue weighted by Gasteiger charge is 2.24. The van der Waals surface area contributed by atoms with Crippen LogP contribution in [0.3, 0.4) is 0 Å². The molecule has 1 aliphatic rings. The molecule has 198 valence electrons. The van der Waals surface area contributed by atoms with Gasteiger partial charge in [-0.3, -0.25) is 10.2 Å². The first-order valence-corrected chi connectivity index (χ1v) is 13.1. The van der Waals surface area contributed by atoms with Crippen LogP contribution in [0.5, 0.6) is 0 Å². The van der Waals surface area contributed by atoms with Gasteiger partial charge in [0.1, 0.15) is 0 Å². The van der Waals surface area contributed by atoms with Gasteiger partial charge in [-0.1, -0.05) is 53.6 Å². The van der Waals surface area contributed by atoms with E-state index < -0.39 is 5.09 Å². The van der Waals surface area contributed by atoms with Crippen molar-refractivity contribution in [3.63, 3.8) is 0 Å². The third-order valence-electron chi connectivity index (χ3n) is 6.12. The molecule has 0 radical (unpaired) electrons. The molecule has 3 aromatic rings. The Balaban J connectivity index is 1.62. The molecular weight excluding hydrogens is 529 g/mol. The highest BCUT2D eigenvalue weighted by atomic mass is 35.5. The molecule has 1 aromatic heterocycles. The Bertz CT molecular complexity index is 1370. The zero-order valence-corrected chi connectivity index (χ0v) is 22.4. The number of hydrazine groups is 1. The predicted molar refractivity (Wildman–Crippen MR) is 146 cm³/mol. The molecule has 1 fully saturated rings. The second kappa shape index (κ2) is 12.8. The number of benzene rings is 2. The molecule has 38 heavy (non-hydrogen) atoms. The van der Waals surface area contributed by atoms with Crippen molar-refractivity contribution in [2.45, 2.75) is 39.0 Å². The summed E-state index contributed by atoms with van der Waals surface area (Å²) in [5, 5.41) is 16.9. The van der Waals surface area contributed by atoms with Gasteiger partial charge in [0.15, 0.2) is 5.69 Å². The highest BCUT2D eigenvalue weighted by molar-refractivity contribution is 6.35. The fourth-order valence-corrected chi connectivity index (χ4v) is 4.74. The first-order chi connectivity index (χ1) is 18.3. The number of nitrogens with zero attached hydrogens (tertiary/aromatic N) is 4. The summed E-state index contributed by atoms with van der Waals surface area (Å²) in [4.78, 5) is 27.7. The van der Waals surface area contributed by atoms with E-state index in [-0.39, 0.29) is 12.5 Å². The molecule has 1 N–H and O–H groups in total. The Labute approximate surface area is 230 Å². The zero-order chi connectivity index (χ0) is 27.1. The van der Waals surface area contributed by atoms with E-state index >= 15 is 0 Å². The molecule has 0 aliphatic carbocycles. The van der Waals surface area contributed by atoms with Crippen molar-refractivity contribution in [2.24, 2.45) is 0 Å². The molecule has 0 saturated carbocycles. The minimum absolute atomic E-state index is 0.0187. The Morgan fingerprint density at radius 3 is 2.58 bits per heavy atom. The maximum absolute atomic E-state index is 13.2. The van der Waals surface area contributed by atoms with Crippen molar-refractivity contribution in [3.8, 4) is 28.8 Å². The van der Waals surface area contributed by atoms with Gasteiger partial charge in [0.05, 0.1) is 23.0 Å². The monoisotopic (exact) mass is 555 g/mol. The molecule has 1 aliphatic heterocycles. The molecule has 2 heterocycles. The van der Waals surface area contributed by atoms with Crippen LogP contribution < -0.4 is 5.43 Å².